The topological polar surface area (TPSA) is 88.5 Å². The molecule has 0 radical (unpaired) electrons. The predicted octanol–water partition coefficient (Wildman–Crippen LogP) is 4.72. The molecular weight excluding hydrogens is 442 g/mol. The van der Waals surface area contributed by atoms with Gasteiger partial charge in [-0.15, -0.1) is 0 Å². The molecule has 1 aliphatic rings. The maximum Gasteiger partial charge on any atom is 0.318 e. The molecule has 2 N–H and O–H groups in total. The van der Waals surface area contributed by atoms with Gasteiger partial charge in [-0.2, -0.15) is 5.10 Å². The molecule has 2 aromatic rings. The molecule has 0 aliphatic heterocycles. The smallest absolute Gasteiger partial charge is 0.318 e. The van der Waals surface area contributed by atoms with E-state index in [1.54, 1.807) is 11.8 Å². The minimum Gasteiger partial charge on any atom is -0.383 e. The number of aromatic nitrogens is 2. The zero-order valence-corrected chi connectivity index (χ0v) is 22.1. The van der Waals surface area contributed by atoms with Crippen molar-refractivity contribution in [2.24, 2.45) is 0 Å². The summed E-state index contributed by atoms with van der Waals surface area (Å²) in [7, 11) is 1.59. The van der Waals surface area contributed by atoms with E-state index < -0.39 is 0 Å². The van der Waals surface area contributed by atoms with Crippen LogP contribution in [0.4, 0.5) is 10.6 Å². The van der Waals surface area contributed by atoms with Gasteiger partial charge in [0.25, 0.3) is 0 Å². The van der Waals surface area contributed by atoms with Crippen LogP contribution in [0.5, 0.6) is 0 Å². The fourth-order valence-electron chi connectivity index (χ4n) is 4.39. The number of urea groups is 1. The van der Waals surface area contributed by atoms with E-state index in [2.05, 4.69) is 44.4 Å². The Morgan fingerprint density at radius 1 is 1.14 bits per heavy atom. The summed E-state index contributed by atoms with van der Waals surface area (Å²) < 4.78 is 6.97. The van der Waals surface area contributed by atoms with Crippen molar-refractivity contribution in [3.05, 3.63) is 41.1 Å². The summed E-state index contributed by atoms with van der Waals surface area (Å²) in [6, 6.07) is 8.02. The molecule has 8 nitrogen and oxygen atoms in total. The number of ether oxygens (including phenoxy) is 1. The fraction of sp³-hybridized carbons (Fsp3) is 0.593. The van der Waals surface area contributed by atoms with E-state index in [1.165, 1.54) is 11.3 Å². The molecule has 1 fully saturated rings. The van der Waals surface area contributed by atoms with E-state index in [0.29, 0.717) is 19.0 Å². The lowest BCUT2D eigenvalue weighted by molar-refractivity contribution is -0.116. The van der Waals surface area contributed by atoms with Crippen LogP contribution in [0.1, 0.15) is 69.7 Å². The van der Waals surface area contributed by atoms with Crippen LogP contribution in [-0.2, 0) is 14.9 Å². The summed E-state index contributed by atoms with van der Waals surface area (Å²) in [4.78, 5) is 27.6. The highest BCUT2D eigenvalue weighted by molar-refractivity contribution is 5.94. The lowest BCUT2D eigenvalue weighted by Crippen LogP contribution is -2.49. The number of carbonyl (C=O) groups is 2. The molecule has 1 aromatic heterocycles. The van der Waals surface area contributed by atoms with Gasteiger partial charge in [0.2, 0.25) is 5.91 Å². The van der Waals surface area contributed by atoms with Gasteiger partial charge < -0.3 is 20.3 Å². The van der Waals surface area contributed by atoms with Crippen molar-refractivity contribution < 1.29 is 14.3 Å². The average molecular weight is 484 g/mol. The number of hydrogen-bond donors (Lipinski definition) is 2. The number of methoxy groups -OCH3 is 1. The quantitative estimate of drug-likeness (QED) is 0.569. The Hall–Kier alpha value is -2.87. The lowest BCUT2D eigenvalue weighted by atomic mass is 9.92. The van der Waals surface area contributed by atoms with Crippen molar-refractivity contribution in [3.63, 3.8) is 0 Å². The third kappa shape index (κ3) is 7.31. The highest BCUT2D eigenvalue weighted by Crippen LogP contribution is 2.28. The highest BCUT2D eigenvalue weighted by atomic mass is 16.5. The second-order valence-electron chi connectivity index (χ2n) is 10.6. The Bertz CT molecular complexity index is 1020. The molecule has 0 saturated heterocycles. The van der Waals surface area contributed by atoms with Crippen molar-refractivity contribution in [2.75, 3.05) is 32.1 Å². The van der Waals surface area contributed by atoms with Crippen LogP contribution in [-0.4, -0.2) is 59.5 Å². The van der Waals surface area contributed by atoms with Gasteiger partial charge in [-0.3, -0.25) is 4.79 Å². The standard InChI is InChI=1S/C27H41N5O3/c1-19-12-13-22(20(2)16-19)32-24(17-23(30-32)27(3,4)5)29-25(33)18-31(14-15-35-6)26(34)28-21-10-8-7-9-11-21/h12-13,16-17,21H,7-11,14-15,18H2,1-6H3,(H,28,34)(H,29,33). The Balaban J connectivity index is 1.79. The minimum absolute atomic E-state index is 0.0647. The molecule has 1 heterocycles. The number of anilines is 1. The SMILES string of the molecule is COCCN(CC(=O)Nc1cc(C(C)(C)C)nn1-c1ccc(C)cc1C)C(=O)NC1CCCCC1. The van der Waals surface area contributed by atoms with Crippen molar-refractivity contribution in [2.45, 2.75) is 78.2 Å². The number of rotatable bonds is 8. The Labute approximate surface area is 209 Å². The Kier molecular flexibility index (Phi) is 8.94. The van der Waals surface area contributed by atoms with E-state index in [9.17, 15) is 9.59 Å². The molecule has 0 unspecified atom stereocenters. The van der Waals surface area contributed by atoms with Crippen LogP contribution < -0.4 is 10.6 Å². The molecule has 1 saturated carbocycles. The molecule has 0 atom stereocenters. The van der Waals surface area contributed by atoms with Crippen LogP contribution in [0, 0.1) is 13.8 Å². The van der Waals surface area contributed by atoms with Crippen LogP contribution >= 0.6 is 0 Å². The second-order valence-corrected chi connectivity index (χ2v) is 10.6. The third-order valence-electron chi connectivity index (χ3n) is 6.45. The second kappa shape index (κ2) is 11.7. The van der Waals surface area contributed by atoms with Gasteiger partial charge in [0.15, 0.2) is 0 Å². The number of carbonyl (C=O) groups excluding carboxylic acids is 2. The van der Waals surface area contributed by atoms with Crippen molar-refractivity contribution >= 4 is 17.8 Å². The third-order valence-corrected chi connectivity index (χ3v) is 6.45. The number of hydrogen-bond acceptors (Lipinski definition) is 4. The summed E-state index contributed by atoms with van der Waals surface area (Å²) >= 11 is 0. The summed E-state index contributed by atoms with van der Waals surface area (Å²) in [6.45, 7) is 11.0. The van der Waals surface area contributed by atoms with Gasteiger partial charge in [0.1, 0.15) is 12.4 Å². The van der Waals surface area contributed by atoms with Crippen molar-refractivity contribution in [3.8, 4) is 5.69 Å². The summed E-state index contributed by atoms with van der Waals surface area (Å²) in [5.41, 5.74) is 3.83. The van der Waals surface area contributed by atoms with E-state index >= 15 is 0 Å². The zero-order chi connectivity index (χ0) is 25.6. The summed E-state index contributed by atoms with van der Waals surface area (Å²) in [5, 5.41) is 10.9. The van der Waals surface area contributed by atoms with Gasteiger partial charge >= 0.3 is 6.03 Å². The molecule has 3 rings (SSSR count). The van der Waals surface area contributed by atoms with Crippen LogP contribution in [0.15, 0.2) is 24.3 Å². The van der Waals surface area contributed by atoms with Gasteiger partial charge in [0, 0.05) is 31.2 Å². The summed E-state index contributed by atoms with van der Waals surface area (Å²) in [5.74, 6) is 0.317. The molecule has 0 spiro atoms. The Morgan fingerprint density at radius 2 is 1.86 bits per heavy atom. The van der Waals surface area contributed by atoms with E-state index in [4.69, 9.17) is 9.84 Å². The number of nitrogens with one attached hydrogen (secondary N) is 2. The van der Waals surface area contributed by atoms with Crippen LogP contribution in [0.3, 0.4) is 0 Å². The van der Waals surface area contributed by atoms with Gasteiger partial charge in [-0.25, -0.2) is 9.48 Å². The monoisotopic (exact) mass is 483 g/mol. The normalized spacial score (nSPS) is 14.6. The first-order chi connectivity index (χ1) is 16.6. The number of aryl methyl sites for hydroxylation is 2. The maximum absolute atomic E-state index is 13.1. The zero-order valence-electron chi connectivity index (χ0n) is 22.1. The van der Waals surface area contributed by atoms with E-state index in [-0.39, 0.29) is 29.9 Å². The highest BCUT2D eigenvalue weighted by Gasteiger charge is 2.25. The van der Waals surface area contributed by atoms with Crippen LogP contribution in [0.25, 0.3) is 5.69 Å². The predicted molar refractivity (Wildman–Crippen MR) is 139 cm³/mol. The lowest BCUT2D eigenvalue weighted by Gasteiger charge is -2.28. The molecule has 0 bridgehead atoms. The van der Waals surface area contributed by atoms with E-state index in [0.717, 1.165) is 48.2 Å². The maximum atomic E-state index is 13.1. The first kappa shape index (κ1) is 26.7. The fourth-order valence-corrected chi connectivity index (χ4v) is 4.39. The number of nitrogens with zero attached hydrogens (tertiary/aromatic N) is 3. The molecule has 8 heteroatoms. The Morgan fingerprint density at radius 3 is 2.49 bits per heavy atom. The van der Waals surface area contributed by atoms with Crippen molar-refractivity contribution in [1.29, 1.82) is 0 Å². The molecular formula is C27H41N5O3. The molecule has 3 amide bonds. The first-order valence-corrected chi connectivity index (χ1v) is 12.6. The average Bonchev–Trinajstić information content (AvgIpc) is 3.21. The van der Waals surface area contributed by atoms with Crippen LogP contribution in [0.2, 0.25) is 0 Å². The van der Waals surface area contributed by atoms with Gasteiger partial charge in [0.05, 0.1) is 18.0 Å². The van der Waals surface area contributed by atoms with E-state index in [1.807, 2.05) is 25.1 Å². The first-order valence-electron chi connectivity index (χ1n) is 12.6. The van der Waals surface area contributed by atoms with Gasteiger partial charge in [-0.1, -0.05) is 57.7 Å². The molecule has 35 heavy (non-hydrogen) atoms. The largest absolute Gasteiger partial charge is 0.383 e. The summed E-state index contributed by atoms with van der Waals surface area (Å²) in [6.07, 6.45) is 5.44. The molecule has 1 aromatic carbocycles. The van der Waals surface area contributed by atoms with Gasteiger partial charge in [-0.05, 0) is 38.3 Å². The molecule has 1 aliphatic carbocycles. The van der Waals surface area contributed by atoms with Crippen molar-refractivity contribution in [1.82, 2.24) is 20.0 Å². The number of amides is 3. The minimum atomic E-state index is -0.272. The number of benzene rings is 1. The molecule has 192 valence electrons.